The molecule has 0 saturated carbocycles. The van der Waals surface area contributed by atoms with E-state index < -0.39 is 21.7 Å². The molecule has 2 aromatic carbocycles. The van der Waals surface area contributed by atoms with Gasteiger partial charge in [0.1, 0.15) is 0 Å². The number of anilines is 1. The number of thiazole rings is 1. The van der Waals surface area contributed by atoms with Gasteiger partial charge < -0.3 is 15.4 Å². The number of hydrogen-bond acceptors (Lipinski definition) is 8. The Morgan fingerprint density at radius 2 is 1.94 bits per heavy atom. The maximum atomic E-state index is 12.9. The van der Waals surface area contributed by atoms with Crippen molar-refractivity contribution < 1.29 is 22.7 Å². The molecular formula is C22H25ClN4O5S2. The van der Waals surface area contributed by atoms with E-state index in [-0.39, 0.29) is 31.9 Å². The van der Waals surface area contributed by atoms with E-state index in [0.29, 0.717) is 29.9 Å². The molecule has 3 rings (SSSR count). The molecule has 0 spiro atoms. The number of methoxy groups -OCH3 is 1. The van der Waals surface area contributed by atoms with Crippen LogP contribution in [0.4, 0.5) is 5.13 Å². The number of fused-ring (bicyclic) bond motifs is 1. The summed E-state index contributed by atoms with van der Waals surface area (Å²) in [6, 6.07) is 9.08. The summed E-state index contributed by atoms with van der Waals surface area (Å²) in [7, 11) is -1.90. The Bertz CT molecular complexity index is 1310. The first-order valence-electron chi connectivity index (χ1n) is 10.4. The number of nitrogens with one attached hydrogen (secondary N) is 1. The van der Waals surface area contributed by atoms with Gasteiger partial charge in [-0.1, -0.05) is 35.9 Å². The number of carbonyl (C=O) groups excluding carboxylic acids is 2. The Labute approximate surface area is 206 Å². The number of rotatable bonds is 11. The second-order valence-corrected chi connectivity index (χ2v) is 10.9. The molecule has 9 nitrogen and oxygen atoms in total. The van der Waals surface area contributed by atoms with Gasteiger partial charge in [-0.15, -0.1) is 0 Å². The van der Waals surface area contributed by atoms with Crippen LogP contribution in [0.25, 0.3) is 10.2 Å². The topological polar surface area (TPSA) is 132 Å². The highest BCUT2D eigenvalue weighted by atomic mass is 35.5. The molecule has 0 atom stereocenters. The third-order valence-corrected chi connectivity index (χ3v) is 8.22. The minimum Gasteiger partial charge on any atom is -0.383 e. The molecule has 0 radical (unpaired) electrons. The zero-order valence-electron chi connectivity index (χ0n) is 18.7. The van der Waals surface area contributed by atoms with Crippen LogP contribution in [0.1, 0.15) is 27.6 Å². The summed E-state index contributed by atoms with van der Waals surface area (Å²) in [5, 5.41) is 2.87. The van der Waals surface area contributed by atoms with Crippen molar-refractivity contribution in [2.45, 2.75) is 11.8 Å². The molecular weight excluding hydrogens is 500 g/mol. The fourth-order valence-electron chi connectivity index (χ4n) is 3.23. The van der Waals surface area contributed by atoms with Crippen LogP contribution in [0.15, 0.2) is 41.3 Å². The molecule has 1 aromatic heterocycles. The maximum absolute atomic E-state index is 12.9. The molecule has 0 aliphatic carbocycles. The number of hydrogen-bond donors (Lipinski definition) is 2. The van der Waals surface area contributed by atoms with Gasteiger partial charge in [-0.05, 0) is 36.9 Å². The number of benzene rings is 2. The molecule has 0 unspecified atom stereocenters. The van der Waals surface area contributed by atoms with E-state index in [4.69, 9.17) is 22.1 Å². The number of primary amides is 1. The van der Waals surface area contributed by atoms with Crippen molar-refractivity contribution in [3.05, 3.63) is 52.5 Å². The molecule has 3 aromatic rings. The fourth-order valence-corrected chi connectivity index (χ4v) is 5.82. The standard InChI is InChI=1S/C22H25ClN4O5S2/c1-3-27(9-11-32-2)10-12-34(30,31)14-7-8-17-18(13-14)33-22(25-17)26-21(29)16-6-4-5-15(19(16)23)20(24)28/h4-8,13H,3,9-12H2,1-2H3,(H2,24,28)(H,25,26,29). The number of ether oxygens (including phenoxy) is 1. The number of carbonyl (C=O) groups is 2. The Morgan fingerprint density at radius 1 is 1.21 bits per heavy atom. The summed E-state index contributed by atoms with van der Waals surface area (Å²) >= 11 is 7.29. The van der Waals surface area contributed by atoms with Crippen molar-refractivity contribution in [3.8, 4) is 0 Å². The maximum Gasteiger partial charge on any atom is 0.258 e. The average molecular weight is 525 g/mol. The normalized spacial score (nSPS) is 11.8. The van der Waals surface area contributed by atoms with Crippen LogP contribution in [0, 0.1) is 0 Å². The van der Waals surface area contributed by atoms with Crippen molar-refractivity contribution in [1.29, 1.82) is 0 Å². The van der Waals surface area contributed by atoms with Crippen LogP contribution in [-0.4, -0.2) is 69.2 Å². The Hall–Kier alpha value is -2.57. The quantitative estimate of drug-likeness (QED) is 0.394. The van der Waals surface area contributed by atoms with Gasteiger partial charge in [0.25, 0.3) is 5.91 Å². The molecule has 2 amide bonds. The third kappa shape index (κ3) is 6.10. The van der Waals surface area contributed by atoms with E-state index in [1.807, 2.05) is 11.8 Å². The smallest absolute Gasteiger partial charge is 0.258 e. The van der Waals surface area contributed by atoms with Crippen molar-refractivity contribution in [2.24, 2.45) is 5.73 Å². The lowest BCUT2D eigenvalue weighted by Crippen LogP contribution is -2.32. The lowest BCUT2D eigenvalue weighted by Gasteiger charge is -2.19. The van der Waals surface area contributed by atoms with Gasteiger partial charge in [0.05, 0.1) is 43.6 Å². The van der Waals surface area contributed by atoms with Gasteiger partial charge in [0.2, 0.25) is 5.91 Å². The van der Waals surface area contributed by atoms with E-state index in [1.165, 1.54) is 24.3 Å². The molecule has 0 bridgehead atoms. The van der Waals surface area contributed by atoms with Crippen LogP contribution in [-0.2, 0) is 14.6 Å². The van der Waals surface area contributed by atoms with Gasteiger partial charge in [-0.25, -0.2) is 13.4 Å². The monoisotopic (exact) mass is 524 g/mol. The number of nitrogens with two attached hydrogens (primary N) is 1. The lowest BCUT2D eigenvalue weighted by molar-refractivity contribution is 0.100. The number of sulfone groups is 1. The summed E-state index contributed by atoms with van der Waals surface area (Å²) in [6.07, 6.45) is 0. The van der Waals surface area contributed by atoms with Crippen molar-refractivity contribution in [2.75, 3.05) is 44.4 Å². The summed E-state index contributed by atoms with van der Waals surface area (Å²) in [4.78, 5) is 30.7. The van der Waals surface area contributed by atoms with Crippen LogP contribution in [0.5, 0.6) is 0 Å². The highest BCUT2D eigenvalue weighted by molar-refractivity contribution is 7.91. The largest absolute Gasteiger partial charge is 0.383 e. The number of halogens is 1. The lowest BCUT2D eigenvalue weighted by atomic mass is 10.1. The van der Waals surface area contributed by atoms with Gasteiger partial charge in [-0.3, -0.25) is 14.9 Å². The molecule has 34 heavy (non-hydrogen) atoms. The third-order valence-electron chi connectivity index (χ3n) is 5.18. The van der Waals surface area contributed by atoms with Gasteiger partial charge >= 0.3 is 0 Å². The molecule has 0 saturated heterocycles. The Balaban J connectivity index is 1.77. The van der Waals surface area contributed by atoms with Crippen molar-refractivity contribution >= 4 is 59.9 Å². The van der Waals surface area contributed by atoms with Crippen LogP contribution >= 0.6 is 22.9 Å². The van der Waals surface area contributed by atoms with Gasteiger partial charge in [0.15, 0.2) is 15.0 Å². The minimum absolute atomic E-state index is 0.0207. The molecule has 0 fully saturated rings. The second-order valence-electron chi connectivity index (χ2n) is 7.38. The van der Waals surface area contributed by atoms with E-state index in [2.05, 4.69) is 10.3 Å². The van der Waals surface area contributed by atoms with E-state index in [1.54, 1.807) is 19.2 Å². The number of amides is 2. The highest BCUT2D eigenvalue weighted by Crippen LogP contribution is 2.30. The minimum atomic E-state index is -3.51. The molecule has 0 aliphatic heterocycles. The number of likely N-dealkylation sites (N-methyl/N-ethyl adjacent to an activating group) is 1. The molecule has 3 N–H and O–H groups in total. The predicted molar refractivity (Wildman–Crippen MR) is 134 cm³/mol. The second kappa shape index (κ2) is 11.2. The summed E-state index contributed by atoms with van der Waals surface area (Å²) in [5.74, 6) is -1.32. The van der Waals surface area contributed by atoms with Crippen LogP contribution in [0.3, 0.4) is 0 Å². The predicted octanol–water partition coefficient (Wildman–Crippen LogP) is 3.04. The fraction of sp³-hybridized carbons (Fsp3) is 0.318. The summed E-state index contributed by atoms with van der Waals surface area (Å²) in [5.41, 5.74) is 5.95. The Morgan fingerprint density at radius 3 is 2.62 bits per heavy atom. The zero-order chi connectivity index (χ0) is 24.9. The SMILES string of the molecule is CCN(CCOC)CCS(=O)(=O)c1ccc2nc(NC(=O)c3cccc(C(N)=O)c3Cl)sc2c1. The number of aromatic nitrogens is 1. The van der Waals surface area contributed by atoms with E-state index in [9.17, 15) is 18.0 Å². The number of nitrogens with zero attached hydrogens (tertiary/aromatic N) is 2. The van der Waals surface area contributed by atoms with E-state index in [0.717, 1.165) is 17.9 Å². The summed E-state index contributed by atoms with van der Waals surface area (Å²) in [6.45, 7) is 4.29. The summed E-state index contributed by atoms with van der Waals surface area (Å²) < 4.78 is 31.4. The molecule has 12 heteroatoms. The molecule has 1 heterocycles. The van der Waals surface area contributed by atoms with Crippen LogP contribution in [0.2, 0.25) is 5.02 Å². The van der Waals surface area contributed by atoms with Crippen molar-refractivity contribution in [3.63, 3.8) is 0 Å². The molecule has 182 valence electrons. The van der Waals surface area contributed by atoms with E-state index >= 15 is 0 Å². The molecule has 0 aliphatic rings. The zero-order valence-corrected chi connectivity index (χ0v) is 21.1. The average Bonchev–Trinajstić information content (AvgIpc) is 3.20. The first kappa shape index (κ1) is 26.0. The van der Waals surface area contributed by atoms with Gasteiger partial charge in [0, 0.05) is 20.2 Å². The Kier molecular flexibility index (Phi) is 8.61. The van der Waals surface area contributed by atoms with Gasteiger partial charge in [-0.2, -0.15) is 0 Å². The van der Waals surface area contributed by atoms with Crippen LogP contribution < -0.4 is 11.1 Å². The first-order chi connectivity index (χ1) is 16.2. The highest BCUT2D eigenvalue weighted by Gasteiger charge is 2.20. The van der Waals surface area contributed by atoms with Crippen molar-refractivity contribution in [1.82, 2.24) is 9.88 Å². The first-order valence-corrected chi connectivity index (χ1v) is 13.2.